The Morgan fingerprint density at radius 3 is 1.50 bits per heavy atom. The SMILES string of the molecule is CCCCCCCCCCCCCCC(C(O)O)C(N)(O)CC.O=C(O)CO. The Morgan fingerprint density at radius 1 is 0.857 bits per heavy atom. The van der Waals surface area contributed by atoms with E-state index in [1.807, 2.05) is 0 Å². The van der Waals surface area contributed by atoms with Gasteiger partial charge in [-0.1, -0.05) is 90.9 Å². The third-order valence-corrected chi connectivity index (χ3v) is 5.07. The summed E-state index contributed by atoms with van der Waals surface area (Å²) in [6, 6.07) is 0. The van der Waals surface area contributed by atoms with Gasteiger partial charge in [0.05, 0.1) is 5.92 Å². The lowest BCUT2D eigenvalue weighted by Crippen LogP contribution is -2.51. The van der Waals surface area contributed by atoms with Crippen molar-refractivity contribution in [2.75, 3.05) is 6.61 Å². The van der Waals surface area contributed by atoms with Crippen molar-refractivity contribution >= 4 is 5.97 Å². The third kappa shape index (κ3) is 18.6. The highest BCUT2D eigenvalue weighted by atomic mass is 16.5. The number of aliphatic carboxylic acids is 1. The van der Waals surface area contributed by atoms with Crippen LogP contribution in [0.1, 0.15) is 104 Å². The van der Waals surface area contributed by atoms with Crippen molar-refractivity contribution in [1.82, 2.24) is 0 Å². The lowest BCUT2D eigenvalue weighted by Gasteiger charge is -2.33. The van der Waals surface area contributed by atoms with E-state index in [9.17, 15) is 15.3 Å². The fourth-order valence-electron chi connectivity index (χ4n) is 3.12. The van der Waals surface area contributed by atoms with Crippen LogP contribution in [0.3, 0.4) is 0 Å². The monoisotopic (exact) mass is 407 g/mol. The van der Waals surface area contributed by atoms with Crippen molar-refractivity contribution in [2.45, 2.75) is 116 Å². The Balaban J connectivity index is 0. The molecule has 0 fully saturated rings. The molecule has 7 nitrogen and oxygen atoms in total. The normalized spacial score (nSPS) is 14.3. The van der Waals surface area contributed by atoms with E-state index < -0.39 is 30.5 Å². The molecule has 0 spiro atoms. The van der Waals surface area contributed by atoms with Crippen LogP contribution in [0.25, 0.3) is 0 Å². The molecule has 0 bridgehead atoms. The summed E-state index contributed by atoms with van der Waals surface area (Å²) in [4.78, 5) is 9.12. The molecule has 0 aromatic heterocycles. The molecule has 0 aliphatic heterocycles. The first kappa shape index (κ1) is 29.5. The van der Waals surface area contributed by atoms with E-state index in [1.165, 1.54) is 64.2 Å². The summed E-state index contributed by atoms with van der Waals surface area (Å²) >= 11 is 0. The number of unbranched alkanes of at least 4 members (excludes halogenated alkanes) is 11. The summed E-state index contributed by atoms with van der Waals surface area (Å²) < 4.78 is 0. The highest BCUT2D eigenvalue weighted by Gasteiger charge is 2.34. The van der Waals surface area contributed by atoms with Crippen LogP contribution in [0.4, 0.5) is 0 Å². The summed E-state index contributed by atoms with van der Waals surface area (Å²) in [5, 5.41) is 43.7. The fourth-order valence-corrected chi connectivity index (χ4v) is 3.12. The number of aliphatic hydroxyl groups is 4. The van der Waals surface area contributed by atoms with Gasteiger partial charge in [-0.2, -0.15) is 0 Å². The Kier molecular flexibility index (Phi) is 20.6. The molecule has 0 aromatic carbocycles. The molecule has 0 heterocycles. The van der Waals surface area contributed by atoms with E-state index >= 15 is 0 Å². The number of aliphatic hydroxyl groups excluding tert-OH is 2. The predicted octanol–water partition coefficient (Wildman–Crippen LogP) is 3.13. The molecule has 2 atom stereocenters. The van der Waals surface area contributed by atoms with Crippen molar-refractivity contribution in [2.24, 2.45) is 11.7 Å². The fraction of sp³-hybridized carbons (Fsp3) is 0.952. The maximum absolute atomic E-state index is 9.99. The quantitative estimate of drug-likeness (QED) is 0.160. The minimum absolute atomic E-state index is 0.327. The molecule has 0 saturated carbocycles. The number of carboxylic acids is 1. The average Bonchev–Trinajstić information content (AvgIpc) is 2.65. The molecule has 28 heavy (non-hydrogen) atoms. The van der Waals surface area contributed by atoms with Gasteiger partial charge in [0.15, 0.2) is 6.29 Å². The first-order valence-corrected chi connectivity index (χ1v) is 10.9. The molecule has 0 rings (SSSR count). The largest absolute Gasteiger partial charge is 0.480 e. The minimum atomic E-state index is -1.54. The maximum Gasteiger partial charge on any atom is 0.329 e. The van der Waals surface area contributed by atoms with Crippen LogP contribution < -0.4 is 5.73 Å². The number of carbonyl (C=O) groups is 1. The molecule has 7 N–H and O–H groups in total. The molecule has 7 heteroatoms. The summed E-state index contributed by atoms with van der Waals surface area (Å²) in [7, 11) is 0. The summed E-state index contributed by atoms with van der Waals surface area (Å²) in [5.74, 6) is -1.85. The van der Waals surface area contributed by atoms with Gasteiger partial charge in [-0.05, 0) is 12.8 Å². The van der Waals surface area contributed by atoms with Crippen molar-refractivity contribution in [3.63, 3.8) is 0 Å². The van der Waals surface area contributed by atoms with Gasteiger partial charge >= 0.3 is 5.97 Å². The molecular weight excluding hydrogens is 362 g/mol. The number of nitrogens with two attached hydrogens (primary N) is 1. The first-order chi connectivity index (χ1) is 13.2. The predicted molar refractivity (Wildman–Crippen MR) is 112 cm³/mol. The molecular formula is C21H45NO6. The van der Waals surface area contributed by atoms with E-state index in [1.54, 1.807) is 6.92 Å². The third-order valence-electron chi connectivity index (χ3n) is 5.07. The van der Waals surface area contributed by atoms with Gasteiger partial charge in [-0.15, -0.1) is 0 Å². The Hall–Kier alpha value is -0.730. The number of hydrogen-bond acceptors (Lipinski definition) is 6. The van der Waals surface area contributed by atoms with Crippen LogP contribution in [0.5, 0.6) is 0 Å². The van der Waals surface area contributed by atoms with Crippen molar-refractivity contribution in [1.29, 1.82) is 0 Å². The van der Waals surface area contributed by atoms with Crippen molar-refractivity contribution in [3.8, 4) is 0 Å². The van der Waals surface area contributed by atoms with E-state index in [4.69, 9.17) is 20.7 Å². The molecule has 170 valence electrons. The second-order valence-corrected chi connectivity index (χ2v) is 7.59. The molecule has 0 saturated heterocycles. The van der Waals surface area contributed by atoms with Crippen molar-refractivity contribution in [3.05, 3.63) is 0 Å². The Bertz CT molecular complexity index is 350. The molecule has 0 amide bonds. The van der Waals surface area contributed by atoms with Gasteiger partial charge in [0.1, 0.15) is 12.3 Å². The zero-order valence-corrected chi connectivity index (χ0v) is 18.0. The minimum Gasteiger partial charge on any atom is -0.480 e. The molecule has 2 unspecified atom stereocenters. The topological polar surface area (TPSA) is 144 Å². The van der Waals surface area contributed by atoms with Gasteiger partial charge in [0, 0.05) is 0 Å². The van der Waals surface area contributed by atoms with Crippen LogP contribution in [-0.2, 0) is 4.79 Å². The summed E-state index contributed by atoms with van der Waals surface area (Å²) in [5.41, 5.74) is 4.26. The van der Waals surface area contributed by atoms with E-state index in [0.29, 0.717) is 12.8 Å². The number of rotatable bonds is 17. The van der Waals surface area contributed by atoms with E-state index in [-0.39, 0.29) is 0 Å². The zero-order valence-electron chi connectivity index (χ0n) is 18.0. The second kappa shape index (κ2) is 19.6. The average molecular weight is 408 g/mol. The highest BCUT2D eigenvalue weighted by Crippen LogP contribution is 2.25. The summed E-state index contributed by atoms with van der Waals surface area (Å²) in [6.45, 7) is 3.23. The smallest absolute Gasteiger partial charge is 0.329 e. The Morgan fingerprint density at radius 2 is 1.21 bits per heavy atom. The molecule has 0 aromatic rings. The van der Waals surface area contributed by atoms with Gasteiger partial charge in [-0.3, -0.25) is 0 Å². The van der Waals surface area contributed by atoms with Crippen LogP contribution in [0.2, 0.25) is 0 Å². The standard InChI is InChI=1S/C19H41NO3.C2H4O3/c1-3-5-6-7-8-9-10-11-12-13-14-15-16-17(18(21)22)19(20,23)4-2;3-1-2(4)5/h17-18,21-23H,3-16,20H2,1-2H3;3H,1H2,(H,4,5). The second-order valence-electron chi connectivity index (χ2n) is 7.59. The molecule has 0 radical (unpaired) electrons. The zero-order chi connectivity index (χ0) is 21.8. The number of carboxylic acid groups (broad SMARTS) is 1. The first-order valence-electron chi connectivity index (χ1n) is 10.9. The van der Waals surface area contributed by atoms with Gasteiger partial charge in [-0.25, -0.2) is 4.79 Å². The van der Waals surface area contributed by atoms with Gasteiger partial charge < -0.3 is 31.3 Å². The van der Waals surface area contributed by atoms with Gasteiger partial charge in [0.2, 0.25) is 0 Å². The number of hydrogen-bond donors (Lipinski definition) is 6. The molecule has 0 aliphatic rings. The van der Waals surface area contributed by atoms with Crippen LogP contribution in [0, 0.1) is 5.92 Å². The summed E-state index contributed by atoms with van der Waals surface area (Å²) in [6.07, 6.45) is 14.6. The van der Waals surface area contributed by atoms with Crippen LogP contribution in [0.15, 0.2) is 0 Å². The van der Waals surface area contributed by atoms with Gasteiger partial charge in [0.25, 0.3) is 0 Å². The van der Waals surface area contributed by atoms with Crippen LogP contribution >= 0.6 is 0 Å². The van der Waals surface area contributed by atoms with E-state index in [0.717, 1.165) is 12.8 Å². The lowest BCUT2D eigenvalue weighted by molar-refractivity contribution is -0.158. The maximum atomic E-state index is 9.99. The van der Waals surface area contributed by atoms with Crippen LogP contribution in [-0.4, -0.2) is 50.1 Å². The Labute approximate surface area is 171 Å². The van der Waals surface area contributed by atoms with E-state index in [2.05, 4.69) is 6.92 Å². The lowest BCUT2D eigenvalue weighted by atomic mass is 9.88. The highest BCUT2D eigenvalue weighted by molar-refractivity contribution is 5.67. The van der Waals surface area contributed by atoms with Crippen molar-refractivity contribution < 1.29 is 30.3 Å². The molecule has 0 aliphatic carbocycles.